The van der Waals surface area contributed by atoms with Crippen LogP contribution in [0.1, 0.15) is 26.3 Å². The lowest BCUT2D eigenvalue weighted by molar-refractivity contribution is -0.134. The lowest BCUT2D eigenvalue weighted by atomic mass is 10.0. The molecule has 0 saturated carbocycles. The van der Waals surface area contributed by atoms with Crippen LogP contribution < -0.4 is 4.74 Å². The van der Waals surface area contributed by atoms with Crippen LogP contribution in [0.25, 0.3) is 6.08 Å². The summed E-state index contributed by atoms with van der Waals surface area (Å²) >= 11 is 0. The first-order chi connectivity index (χ1) is 10.5. The van der Waals surface area contributed by atoms with Crippen molar-refractivity contribution in [3.05, 3.63) is 34.9 Å². The minimum atomic E-state index is -0.759. The van der Waals surface area contributed by atoms with Gasteiger partial charge in [0, 0.05) is 11.6 Å². The summed E-state index contributed by atoms with van der Waals surface area (Å²) < 4.78 is 19.0. The molecule has 0 aliphatic carbocycles. The van der Waals surface area contributed by atoms with E-state index in [0.29, 0.717) is 5.56 Å². The van der Waals surface area contributed by atoms with Gasteiger partial charge in [0.25, 0.3) is 0 Å². The molecule has 0 unspecified atom stereocenters. The summed E-state index contributed by atoms with van der Waals surface area (Å²) in [4.78, 5) is 34.9. The zero-order valence-corrected chi connectivity index (χ0v) is 12.7. The predicted octanol–water partition coefficient (Wildman–Crippen LogP) is 1.45. The number of hydrogen-bond acceptors (Lipinski definition) is 7. The fraction of sp³-hybridized carbons (Fsp3) is 0.267. The van der Waals surface area contributed by atoms with Gasteiger partial charge in [-0.05, 0) is 12.1 Å². The highest BCUT2D eigenvalue weighted by atomic mass is 16.5. The minimum Gasteiger partial charge on any atom is -0.495 e. The van der Waals surface area contributed by atoms with Gasteiger partial charge in [-0.3, -0.25) is 0 Å². The van der Waals surface area contributed by atoms with E-state index in [2.05, 4.69) is 14.2 Å². The largest absolute Gasteiger partial charge is 0.495 e. The maximum Gasteiger partial charge on any atom is 0.342 e. The summed E-state index contributed by atoms with van der Waals surface area (Å²) in [5.41, 5.74) is 0.325. The number of hydrogen-bond donors (Lipinski definition) is 0. The second-order valence-electron chi connectivity index (χ2n) is 3.95. The van der Waals surface area contributed by atoms with Gasteiger partial charge in [-0.2, -0.15) is 0 Å². The van der Waals surface area contributed by atoms with Gasteiger partial charge in [-0.25, -0.2) is 14.4 Å². The van der Waals surface area contributed by atoms with Crippen LogP contribution in [0.3, 0.4) is 0 Å². The van der Waals surface area contributed by atoms with Crippen molar-refractivity contribution >= 4 is 24.0 Å². The number of ether oxygens (including phenoxy) is 4. The fourth-order valence-electron chi connectivity index (χ4n) is 1.76. The molecule has 1 rings (SSSR count). The molecule has 0 aliphatic rings. The van der Waals surface area contributed by atoms with Gasteiger partial charge in [0.1, 0.15) is 11.3 Å². The molecule has 0 fully saturated rings. The highest BCUT2D eigenvalue weighted by Gasteiger charge is 2.25. The van der Waals surface area contributed by atoms with Gasteiger partial charge < -0.3 is 18.9 Å². The third kappa shape index (κ3) is 3.63. The summed E-state index contributed by atoms with van der Waals surface area (Å²) in [6.45, 7) is 0. The van der Waals surface area contributed by atoms with Crippen molar-refractivity contribution in [1.82, 2.24) is 0 Å². The second-order valence-corrected chi connectivity index (χ2v) is 3.95. The average Bonchev–Trinajstić information content (AvgIpc) is 2.56. The Morgan fingerprint density at radius 3 is 2.05 bits per heavy atom. The summed E-state index contributed by atoms with van der Waals surface area (Å²) in [5.74, 6) is -1.94. The molecule has 0 heterocycles. The van der Waals surface area contributed by atoms with E-state index in [-0.39, 0.29) is 16.9 Å². The standard InChI is InChI=1S/C15H16O7/c1-19-11(16)8-6-9-5-7-10(14(17)21-3)12(13(9)20-2)15(18)22-4/h5-8H,1-4H3/b8-6+. The van der Waals surface area contributed by atoms with E-state index in [1.54, 1.807) is 0 Å². The normalized spacial score (nSPS) is 10.2. The van der Waals surface area contributed by atoms with E-state index >= 15 is 0 Å². The highest BCUT2D eigenvalue weighted by molar-refractivity contribution is 6.06. The molecule has 0 radical (unpaired) electrons. The lowest BCUT2D eigenvalue weighted by Crippen LogP contribution is -2.14. The van der Waals surface area contributed by atoms with Crippen molar-refractivity contribution in [3.63, 3.8) is 0 Å². The summed E-state index contributed by atoms with van der Waals surface area (Å²) in [5, 5.41) is 0. The summed E-state index contributed by atoms with van der Waals surface area (Å²) in [7, 11) is 4.95. The number of carbonyl (C=O) groups is 3. The van der Waals surface area contributed by atoms with Gasteiger partial charge in [0.05, 0.1) is 34.0 Å². The number of benzene rings is 1. The van der Waals surface area contributed by atoms with Gasteiger partial charge in [-0.15, -0.1) is 0 Å². The van der Waals surface area contributed by atoms with Gasteiger partial charge in [-0.1, -0.05) is 6.07 Å². The first-order valence-corrected chi connectivity index (χ1v) is 6.13. The van der Waals surface area contributed by atoms with Crippen LogP contribution in [-0.2, 0) is 19.0 Å². The Balaban J connectivity index is 3.51. The van der Waals surface area contributed by atoms with Crippen LogP contribution in [0.15, 0.2) is 18.2 Å². The maximum absolute atomic E-state index is 12.0. The quantitative estimate of drug-likeness (QED) is 0.462. The smallest absolute Gasteiger partial charge is 0.342 e. The van der Waals surface area contributed by atoms with Crippen molar-refractivity contribution in [1.29, 1.82) is 0 Å². The molecule has 1 aromatic rings. The zero-order valence-electron chi connectivity index (χ0n) is 12.7. The SMILES string of the molecule is COC(=O)/C=C/c1ccc(C(=O)OC)c(C(=O)OC)c1OC. The second kappa shape index (κ2) is 7.82. The van der Waals surface area contributed by atoms with Gasteiger partial charge in [0.15, 0.2) is 0 Å². The summed E-state index contributed by atoms with van der Waals surface area (Å²) in [6.07, 6.45) is 2.56. The molecule has 0 saturated heterocycles. The first kappa shape index (κ1) is 17.2. The Morgan fingerprint density at radius 1 is 0.909 bits per heavy atom. The van der Waals surface area contributed by atoms with Crippen LogP contribution in [0.4, 0.5) is 0 Å². The molecule has 1 aromatic carbocycles. The van der Waals surface area contributed by atoms with Crippen LogP contribution >= 0.6 is 0 Å². The monoisotopic (exact) mass is 308 g/mol. The molecule has 0 aromatic heterocycles. The van der Waals surface area contributed by atoms with Gasteiger partial charge in [0.2, 0.25) is 0 Å². The lowest BCUT2D eigenvalue weighted by Gasteiger charge is -2.13. The van der Waals surface area contributed by atoms with E-state index in [9.17, 15) is 14.4 Å². The number of carbonyl (C=O) groups excluding carboxylic acids is 3. The van der Waals surface area contributed by atoms with Crippen molar-refractivity contribution in [2.75, 3.05) is 28.4 Å². The fourth-order valence-corrected chi connectivity index (χ4v) is 1.76. The third-order valence-corrected chi connectivity index (χ3v) is 2.79. The average molecular weight is 308 g/mol. The van der Waals surface area contributed by atoms with Crippen molar-refractivity contribution in [2.24, 2.45) is 0 Å². The minimum absolute atomic E-state index is 0.00131. The molecule has 118 valence electrons. The molecule has 0 spiro atoms. The van der Waals surface area contributed by atoms with Crippen LogP contribution in [0, 0.1) is 0 Å². The maximum atomic E-state index is 12.0. The highest BCUT2D eigenvalue weighted by Crippen LogP contribution is 2.29. The molecular formula is C15H16O7. The molecule has 0 amide bonds. The Bertz CT molecular complexity index is 617. The molecule has 0 atom stereocenters. The van der Waals surface area contributed by atoms with Crippen LogP contribution in [-0.4, -0.2) is 46.3 Å². The van der Waals surface area contributed by atoms with E-state index in [1.165, 1.54) is 46.6 Å². The van der Waals surface area contributed by atoms with Crippen LogP contribution in [0.5, 0.6) is 5.75 Å². The Morgan fingerprint density at radius 2 is 1.55 bits per heavy atom. The zero-order chi connectivity index (χ0) is 16.7. The third-order valence-electron chi connectivity index (χ3n) is 2.79. The molecule has 7 heteroatoms. The summed E-state index contributed by atoms with van der Waals surface area (Å²) in [6, 6.07) is 2.90. The Kier molecular flexibility index (Phi) is 6.12. The van der Waals surface area contributed by atoms with Crippen LogP contribution in [0.2, 0.25) is 0 Å². The van der Waals surface area contributed by atoms with E-state index in [0.717, 1.165) is 6.08 Å². The number of rotatable bonds is 5. The van der Waals surface area contributed by atoms with Crippen molar-refractivity contribution < 1.29 is 33.3 Å². The molecule has 7 nitrogen and oxygen atoms in total. The van der Waals surface area contributed by atoms with Crippen molar-refractivity contribution in [2.45, 2.75) is 0 Å². The van der Waals surface area contributed by atoms with E-state index in [4.69, 9.17) is 4.74 Å². The van der Waals surface area contributed by atoms with Gasteiger partial charge >= 0.3 is 17.9 Å². The first-order valence-electron chi connectivity index (χ1n) is 6.13. The number of esters is 3. The number of methoxy groups -OCH3 is 4. The van der Waals surface area contributed by atoms with E-state index < -0.39 is 17.9 Å². The van der Waals surface area contributed by atoms with E-state index in [1.807, 2.05) is 0 Å². The van der Waals surface area contributed by atoms with Crippen molar-refractivity contribution in [3.8, 4) is 5.75 Å². The topological polar surface area (TPSA) is 88.1 Å². The molecule has 22 heavy (non-hydrogen) atoms. The molecule has 0 N–H and O–H groups in total. The Hall–Kier alpha value is -2.83. The Labute approximate surface area is 127 Å². The molecular weight excluding hydrogens is 292 g/mol. The molecule has 0 aliphatic heterocycles. The molecule has 0 bridgehead atoms. The predicted molar refractivity (Wildman–Crippen MR) is 76.7 cm³/mol.